The number of carbonyl (C=O) groups is 2. The Balaban J connectivity index is 1.55. The highest BCUT2D eigenvalue weighted by Crippen LogP contribution is 2.21. The first-order valence-corrected chi connectivity index (χ1v) is 9.56. The van der Waals surface area contributed by atoms with Crippen molar-refractivity contribution >= 4 is 29.1 Å². The molecule has 1 atom stereocenters. The van der Waals surface area contributed by atoms with Crippen LogP contribution in [0.4, 0.5) is 5.69 Å². The summed E-state index contributed by atoms with van der Waals surface area (Å²) in [5.41, 5.74) is 1.28. The minimum atomic E-state index is -0.130. The van der Waals surface area contributed by atoms with Crippen molar-refractivity contribution in [2.75, 3.05) is 17.7 Å². The molecule has 1 saturated heterocycles. The molecule has 1 unspecified atom stereocenters. The number of benzene rings is 1. The van der Waals surface area contributed by atoms with Crippen LogP contribution >= 0.6 is 11.8 Å². The molecular formula is C18H22N4O3S. The summed E-state index contributed by atoms with van der Waals surface area (Å²) in [4.78, 5) is 23.5. The van der Waals surface area contributed by atoms with Gasteiger partial charge in [-0.15, -0.1) is 10.2 Å². The minimum absolute atomic E-state index is 0.000574. The Morgan fingerprint density at radius 3 is 2.73 bits per heavy atom. The van der Waals surface area contributed by atoms with E-state index in [1.165, 1.54) is 18.7 Å². The number of hydrogen-bond acceptors (Lipinski definition) is 6. The lowest BCUT2D eigenvalue weighted by Gasteiger charge is -2.13. The van der Waals surface area contributed by atoms with Crippen LogP contribution in [0.15, 0.2) is 29.4 Å². The number of aryl methyl sites for hydroxylation is 1. The molecule has 26 heavy (non-hydrogen) atoms. The number of anilines is 1. The van der Waals surface area contributed by atoms with E-state index in [9.17, 15) is 9.59 Å². The second-order valence-corrected chi connectivity index (χ2v) is 7.19. The number of hydrogen-bond donors (Lipinski definition) is 1. The quantitative estimate of drug-likeness (QED) is 0.592. The summed E-state index contributed by atoms with van der Waals surface area (Å²) in [6, 6.07) is 6.85. The zero-order valence-electron chi connectivity index (χ0n) is 14.9. The SMILES string of the molecule is CC(=O)c1ccc(NC(=O)CSc2nnc(C)n2CC2CCCO2)cc1. The van der Waals surface area contributed by atoms with Crippen molar-refractivity contribution in [3.8, 4) is 0 Å². The topological polar surface area (TPSA) is 86.1 Å². The Bertz CT molecular complexity index is 782. The van der Waals surface area contributed by atoms with Gasteiger partial charge in [-0.1, -0.05) is 11.8 Å². The van der Waals surface area contributed by atoms with Gasteiger partial charge in [-0.2, -0.15) is 0 Å². The number of ketones is 1. The lowest BCUT2D eigenvalue weighted by Crippen LogP contribution is -2.18. The Labute approximate surface area is 156 Å². The van der Waals surface area contributed by atoms with Gasteiger partial charge >= 0.3 is 0 Å². The van der Waals surface area contributed by atoms with E-state index in [2.05, 4.69) is 15.5 Å². The Morgan fingerprint density at radius 1 is 1.31 bits per heavy atom. The number of Topliss-reactive ketones (excluding diaryl/α,β-unsaturated/α-hetero) is 1. The predicted molar refractivity (Wildman–Crippen MR) is 99.5 cm³/mol. The summed E-state index contributed by atoms with van der Waals surface area (Å²) in [5.74, 6) is 0.926. The fourth-order valence-corrected chi connectivity index (χ4v) is 3.58. The van der Waals surface area contributed by atoms with E-state index >= 15 is 0 Å². The van der Waals surface area contributed by atoms with Crippen molar-refractivity contribution in [1.82, 2.24) is 14.8 Å². The molecule has 0 spiro atoms. The molecule has 1 aromatic carbocycles. The molecule has 0 saturated carbocycles. The third-order valence-electron chi connectivity index (χ3n) is 4.22. The van der Waals surface area contributed by atoms with Crippen molar-refractivity contribution in [1.29, 1.82) is 0 Å². The van der Waals surface area contributed by atoms with E-state index in [4.69, 9.17) is 4.74 Å². The van der Waals surface area contributed by atoms with E-state index in [1.807, 2.05) is 11.5 Å². The van der Waals surface area contributed by atoms with Gasteiger partial charge in [0.2, 0.25) is 5.91 Å². The number of aromatic nitrogens is 3. The molecule has 2 aromatic rings. The van der Waals surface area contributed by atoms with E-state index in [0.717, 1.165) is 37.0 Å². The van der Waals surface area contributed by atoms with Crippen molar-refractivity contribution in [2.45, 2.75) is 44.5 Å². The number of ether oxygens (including phenoxy) is 1. The third-order valence-corrected chi connectivity index (χ3v) is 5.19. The summed E-state index contributed by atoms with van der Waals surface area (Å²) in [7, 11) is 0. The van der Waals surface area contributed by atoms with Gasteiger partial charge in [0.1, 0.15) is 5.82 Å². The third kappa shape index (κ3) is 4.70. The lowest BCUT2D eigenvalue weighted by atomic mass is 10.1. The lowest BCUT2D eigenvalue weighted by molar-refractivity contribution is -0.113. The Hall–Kier alpha value is -2.19. The molecular weight excluding hydrogens is 352 g/mol. The fourth-order valence-electron chi connectivity index (χ4n) is 2.79. The average molecular weight is 374 g/mol. The second-order valence-electron chi connectivity index (χ2n) is 6.25. The van der Waals surface area contributed by atoms with Crippen LogP contribution in [-0.4, -0.2) is 44.9 Å². The maximum absolute atomic E-state index is 12.2. The van der Waals surface area contributed by atoms with Gasteiger partial charge in [-0.25, -0.2) is 0 Å². The molecule has 1 aliphatic rings. The van der Waals surface area contributed by atoms with Crippen LogP contribution in [-0.2, 0) is 16.1 Å². The van der Waals surface area contributed by atoms with Crippen molar-refractivity contribution in [2.24, 2.45) is 0 Å². The summed E-state index contributed by atoms with van der Waals surface area (Å²) >= 11 is 1.35. The van der Waals surface area contributed by atoms with Gasteiger partial charge in [0.15, 0.2) is 10.9 Å². The van der Waals surface area contributed by atoms with Crippen LogP contribution in [0.2, 0.25) is 0 Å². The number of thioether (sulfide) groups is 1. The summed E-state index contributed by atoms with van der Waals surface area (Å²) in [5, 5.41) is 11.8. The highest BCUT2D eigenvalue weighted by Gasteiger charge is 2.20. The van der Waals surface area contributed by atoms with Crippen LogP contribution in [0.25, 0.3) is 0 Å². The van der Waals surface area contributed by atoms with Gasteiger partial charge < -0.3 is 14.6 Å². The molecule has 1 aliphatic heterocycles. The van der Waals surface area contributed by atoms with Crippen LogP contribution in [0, 0.1) is 6.92 Å². The van der Waals surface area contributed by atoms with E-state index in [0.29, 0.717) is 11.3 Å². The van der Waals surface area contributed by atoms with Gasteiger partial charge in [0.05, 0.1) is 18.4 Å². The molecule has 3 rings (SSSR count). The molecule has 8 heteroatoms. The maximum Gasteiger partial charge on any atom is 0.234 e. The van der Waals surface area contributed by atoms with Crippen LogP contribution < -0.4 is 5.32 Å². The molecule has 0 bridgehead atoms. The smallest absolute Gasteiger partial charge is 0.234 e. The molecule has 1 N–H and O–H groups in total. The summed E-state index contributed by atoms with van der Waals surface area (Å²) < 4.78 is 7.69. The number of nitrogens with zero attached hydrogens (tertiary/aromatic N) is 3. The maximum atomic E-state index is 12.2. The van der Waals surface area contributed by atoms with Crippen molar-refractivity contribution < 1.29 is 14.3 Å². The average Bonchev–Trinajstić information content (AvgIpc) is 3.25. The molecule has 1 aromatic heterocycles. The molecule has 1 amide bonds. The first-order valence-electron chi connectivity index (χ1n) is 8.58. The number of carbonyl (C=O) groups excluding carboxylic acids is 2. The van der Waals surface area contributed by atoms with Crippen LogP contribution in [0.5, 0.6) is 0 Å². The molecule has 138 valence electrons. The van der Waals surface area contributed by atoms with Gasteiger partial charge in [0, 0.05) is 17.9 Å². The number of rotatable bonds is 7. The first kappa shape index (κ1) is 18.6. The van der Waals surface area contributed by atoms with E-state index < -0.39 is 0 Å². The Morgan fingerprint density at radius 2 is 2.08 bits per heavy atom. The van der Waals surface area contributed by atoms with Crippen molar-refractivity contribution in [3.05, 3.63) is 35.7 Å². The number of amides is 1. The standard InChI is InChI=1S/C18H22N4O3S/c1-12(23)14-5-7-15(8-6-14)19-17(24)11-26-18-21-20-13(2)22(18)10-16-4-3-9-25-16/h5-8,16H,3-4,9-11H2,1-2H3,(H,19,24). The highest BCUT2D eigenvalue weighted by molar-refractivity contribution is 7.99. The zero-order chi connectivity index (χ0) is 18.5. The summed E-state index contributed by atoms with van der Waals surface area (Å²) in [6.07, 6.45) is 2.31. The largest absolute Gasteiger partial charge is 0.376 e. The molecule has 1 fully saturated rings. The fraction of sp³-hybridized carbons (Fsp3) is 0.444. The highest BCUT2D eigenvalue weighted by atomic mass is 32.2. The van der Waals surface area contributed by atoms with E-state index in [-0.39, 0.29) is 23.5 Å². The first-order chi connectivity index (χ1) is 12.5. The van der Waals surface area contributed by atoms with Gasteiger partial charge in [0.25, 0.3) is 0 Å². The Kier molecular flexibility index (Phi) is 6.05. The van der Waals surface area contributed by atoms with Gasteiger partial charge in [-0.3, -0.25) is 9.59 Å². The van der Waals surface area contributed by atoms with Crippen LogP contribution in [0.1, 0.15) is 35.9 Å². The van der Waals surface area contributed by atoms with Crippen molar-refractivity contribution in [3.63, 3.8) is 0 Å². The second kappa shape index (κ2) is 8.46. The zero-order valence-corrected chi connectivity index (χ0v) is 15.7. The molecule has 7 nitrogen and oxygen atoms in total. The minimum Gasteiger partial charge on any atom is -0.376 e. The molecule has 2 heterocycles. The molecule has 0 aliphatic carbocycles. The van der Waals surface area contributed by atoms with Crippen LogP contribution in [0.3, 0.4) is 0 Å². The van der Waals surface area contributed by atoms with E-state index in [1.54, 1.807) is 24.3 Å². The number of nitrogens with one attached hydrogen (secondary N) is 1. The summed E-state index contributed by atoms with van der Waals surface area (Å²) in [6.45, 7) is 4.94. The van der Waals surface area contributed by atoms with Gasteiger partial charge in [-0.05, 0) is 51.0 Å². The monoisotopic (exact) mass is 374 g/mol. The molecule has 0 radical (unpaired) electrons. The normalized spacial score (nSPS) is 16.6. The predicted octanol–water partition coefficient (Wildman–Crippen LogP) is 2.70.